The predicted octanol–water partition coefficient (Wildman–Crippen LogP) is 1.64. The minimum Gasteiger partial charge on any atom is -0.479 e. The topological polar surface area (TPSA) is 98.5 Å². The second-order valence-electron chi connectivity index (χ2n) is 5.04. The SMILES string of the molecule is CC(C)CNC(=O)C(C)Oc1ccc(Br)cc1S(N)(=O)=O. The summed E-state index contributed by atoms with van der Waals surface area (Å²) in [6.45, 7) is 6.01. The van der Waals surface area contributed by atoms with E-state index in [1.54, 1.807) is 13.0 Å². The van der Waals surface area contributed by atoms with Gasteiger partial charge in [-0.2, -0.15) is 0 Å². The molecule has 0 heterocycles. The van der Waals surface area contributed by atoms with Crippen LogP contribution in [0.1, 0.15) is 20.8 Å². The fourth-order valence-corrected chi connectivity index (χ4v) is 2.69. The molecule has 1 rings (SSSR count). The number of amides is 1. The zero-order valence-electron chi connectivity index (χ0n) is 12.1. The van der Waals surface area contributed by atoms with Crippen molar-refractivity contribution in [3.05, 3.63) is 22.7 Å². The van der Waals surface area contributed by atoms with Gasteiger partial charge >= 0.3 is 0 Å². The number of halogens is 1. The monoisotopic (exact) mass is 378 g/mol. The Morgan fingerprint density at radius 2 is 2.00 bits per heavy atom. The molecule has 6 nitrogen and oxygen atoms in total. The van der Waals surface area contributed by atoms with E-state index in [-0.39, 0.29) is 16.6 Å². The van der Waals surface area contributed by atoms with Crippen molar-refractivity contribution in [2.45, 2.75) is 31.8 Å². The van der Waals surface area contributed by atoms with Gasteiger partial charge in [0.1, 0.15) is 10.6 Å². The number of ether oxygens (including phenoxy) is 1. The molecule has 0 saturated heterocycles. The van der Waals surface area contributed by atoms with Crippen molar-refractivity contribution in [2.24, 2.45) is 11.1 Å². The smallest absolute Gasteiger partial charge is 0.260 e. The number of benzene rings is 1. The van der Waals surface area contributed by atoms with E-state index < -0.39 is 16.1 Å². The van der Waals surface area contributed by atoms with Crippen molar-refractivity contribution in [1.82, 2.24) is 5.32 Å². The summed E-state index contributed by atoms with van der Waals surface area (Å²) in [6, 6.07) is 4.40. The van der Waals surface area contributed by atoms with Gasteiger partial charge < -0.3 is 10.1 Å². The summed E-state index contributed by atoms with van der Waals surface area (Å²) < 4.78 is 29.1. The lowest BCUT2D eigenvalue weighted by Crippen LogP contribution is -2.38. The molecular weight excluding hydrogens is 360 g/mol. The highest BCUT2D eigenvalue weighted by Crippen LogP contribution is 2.27. The van der Waals surface area contributed by atoms with E-state index in [9.17, 15) is 13.2 Å². The average Bonchev–Trinajstić information content (AvgIpc) is 2.36. The van der Waals surface area contributed by atoms with Gasteiger partial charge in [0.25, 0.3) is 5.91 Å². The lowest BCUT2D eigenvalue weighted by Gasteiger charge is -2.17. The largest absolute Gasteiger partial charge is 0.479 e. The van der Waals surface area contributed by atoms with Crippen LogP contribution in [0.4, 0.5) is 0 Å². The van der Waals surface area contributed by atoms with Gasteiger partial charge in [-0.3, -0.25) is 4.79 Å². The lowest BCUT2D eigenvalue weighted by molar-refractivity contribution is -0.127. The Kier molecular flexibility index (Phi) is 6.18. The highest BCUT2D eigenvalue weighted by Gasteiger charge is 2.21. The summed E-state index contributed by atoms with van der Waals surface area (Å²) in [4.78, 5) is 11.7. The van der Waals surface area contributed by atoms with Gasteiger partial charge in [-0.15, -0.1) is 0 Å². The van der Waals surface area contributed by atoms with Crippen molar-refractivity contribution in [3.8, 4) is 5.75 Å². The van der Waals surface area contributed by atoms with E-state index >= 15 is 0 Å². The van der Waals surface area contributed by atoms with E-state index in [4.69, 9.17) is 9.88 Å². The molecule has 0 fully saturated rings. The van der Waals surface area contributed by atoms with Gasteiger partial charge in [0, 0.05) is 11.0 Å². The normalized spacial score (nSPS) is 13.0. The van der Waals surface area contributed by atoms with Crippen LogP contribution in [0.5, 0.6) is 5.75 Å². The maximum absolute atomic E-state index is 11.9. The van der Waals surface area contributed by atoms with Crippen LogP contribution in [-0.4, -0.2) is 27.0 Å². The lowest BCUT2D eigenvalue weighted by atomic mass is 10.2. The maximum atomic E-state index is 11.9. The molecule has 0 radical (unpaired) electrons. The molecule has 1 amide bonds. The van der Waals surface area contributed by atoms with Gasteiger partial charge in [0.05, 0.1) is 0 Å². The Balaban J connectivity index is 2.90. The first-order valence-electron chi connectivity index (χ1n) is 6.38. The number of hydrogen-bond acceptors (Lipinski definition) is 4. The fraction of sp³-hybridized carbons (Fsp3) is 0.462. The summed E-state index contributed by atoms with van der Waals surface area (Å²) in [5, 5.41) is 7.87. The van der Waals surface area contributed by atoms with Crippen LogP contribution in [0.2, 0.25) is 0 Å². The number of carbonyl (C=O) groups excluding carboxylic acids is 1. The number of nitrogens with one attached hydrogen (secondary N) is 1. The second-order valence-corrected chi connectivity index (χ2v) is 7.48. The molecule has 1 unspecified atom stereocenters. The molecule has 0 aliphatic carbocycles. The van der Waals surface area contributed by atoms with Crippen LogP contribution in [0.3, 0.4) is 0 Å². The van der Waals surface area contributed by atoms with Gasteiger partial charge in [0.2, 0.25) is 10.0 Å². The van der Waals surface area contributed by atoms with Crippen molar-refractivity contribution in [2.75, 3.05) is 6.54 Å². The van der Waals surface area contributed by atoms with Crippen LogP contribution in [0.25, 0.3) is 0 Å². The van der Waals surface area contributed by atoms with E-state index in [2.05, 4.69) is 21.2 Å². The summed E-state index contributed by atoms with van der Waals surface area (Å²) >= 11 is 3.17. The second kappa shape index (κ2) is 7.24. The summed E-state index contributed by atoms with van der Waals surface area (Å²) in [6.07, 6.45) is -0.828. The molecule has 118 valence electrons. The Bertz CT molecular complexity index is 617. The molecule has 21 heavy (non-hydrogen) atoms. The molecule has 0 aliphatic heterocycles. The predicted molar refractivity (Wildman–Crippen MR) is 83.5 cm³/mol. The highest BCUT2D eigenvalue weighted by atomic mass is 79.9. The summed E-state index contributed by atoms with van der Waals surface area (Å²) in [7, 11) is -3.94. The van der Waals surface area contributed by atoms with Crippen molar-refractivity contribution in [3.63, 3.8) is 0 Å². The fourth-order valence-electron chi connectivity index (χ4n) is 1.49. The zero-order valence-corrected chi connectivity index (χ0v) is 14.5. The Morgan fingerprint density at radius 3 is 2.52 bits per heavy atom. The Hall–Kier alpha value is -1.12. The third-order valence-corrected chi connectivity index (χ3v) is 4.00. The number of primary sulfonamides is 1. The summed E-state index contributed by atoms with van der Waals surface area (Å²) in [5.41, 5.74) is 0. The van der Waals surface area contributed by atoms with Gasteiger partial charge in [-0.05, 0) is 31.0 Å². The molecule has 0 aromatic heterocycles. The van der Waals surface area contributed by atoms with Crippen LogP contribution in [0, 0.1) is 5.92 Å². The molecule has 1 aromatic rings. The number of nitrogens with two attached hydrogens (primary N) is 1. The minimum atomic E-state index is -3.94. The molecule has 1 aromatic carbocycles. The van der Waals surface area contributed by atoms with E-state index in [0.29, 0.717) is 16.9 Å². The molecular formula is C13H19BrN2O4S. The highest BCUT2D eigenvalue weighted by molar-refractivity contribution is 9.10. The first kappa shape index (κ1) is 17.9. The third-order valence-electron chi connectivity index (χ3n) is 2.57. The maximum Gasteiger partial charge on any atom is 0.260 e. The molecule has 0 aliphatic rings. The zero-order chi connectivity index (χ0) is 16.2. The molecule has 0 bridgehead atoms. The third kappa shape index (κ3) is 5.64. The van der Waals surface area contributed by atoms with Gasteiger partial charge in [0.15, 0.2) is 6.10 Å². The van der Waals surface area contributed by atoms with E-state index in [1.165, 1.54) is 12.1 Å². The Morgan fingerprint density at radius 1 is 1.38 bits per heavy atom. The van der Waals surface area contributed by atoms with Gasteiger partial charge in [-0.1, -0.05) is 29.8 Å². The van der Waals surface area contributed by atoms with Crippen molar-refractivity contribution < 1.29 is 17.9 Å². The number of rotatable bonds is 6. The molecule has 0 saturated carbocycles. The molecule has 3 N–H and O–H groups in total. The first-order chi connectivity index (χ1) is 9.61. The molecule has 0 spiro atoms. The first-order valence-corrected chi connectivity index (χ1v) is 8.72. The Labute approximate surface area is 133 Å². The van der Waals surface area contributed by atoms with Crippen LogP contribution in [-0.2, 0) is 14.8 Å². The number of carbonyl (C=O) groups is 1. The minimum absolute atomic E-state index is 0.0490. The van der Waals surface area contributed by atoms with Gasteiger partial charge in [-0.25, -0.2) is 13.6 Å². The standard InChI is InChI=1S/C13H19BrN2O4S/c1-8(2)7-16-13(17)9(3)20-11-5-4-10(14)6-12(11)21(15,18)19/h4-6,8-9H,7H2,1-3H3,(H,16,17)(H2,15,18,19). The number of hydrogen-bond donors (Lipinski definition) is 2. The van der Waals surface area contributed by atoms with Crippen LogP contribution in [0.15, 0.2) is 27.6 Å². The van der Waals surface area contributed by atoms with E-state index in [0.717, 1.165) is 0 Å². The van der Waals surface area contributed by atoms with E-state index in [1.807, 2.05) is 13.8 Å². The quantitative estimate of drug-likeness (QED) is 0.785. The van der Waals surface area contributed by atoms with Crippen LogP contribution >= 0.6 is 15.9 Å². The molecule has 8 heteroatoms. The summed E-state index contributed by atoms with van der Waals surface area (Å²) in [5.74, 6) is 0.0497. The van der Waals surface area contributed by atoms with Crippen LogP contribution < -0.4 is 15.2 Å². The van der Waals surface area contributed by atoms with Crippen molar-refractivity contribution in [1.29, 1.82) is 0 Å². The van der Waals surface area contributed by atoms with Crippen molar-refractivity contribution >= 4 is 31.9 Å². The average molecular weight is 379 g/mol. The molecule has 1 atom stereocenters. The number of sulfonamides is 1.